The molecule has 0 unspecified atom stereocenters. The number of aryl methyl sites for hydroxylation is 1. The van der Waals surface area contributed by atoms with Gasteiger partial charge in [0.15, 0.2) is 0 Å². The van der Waals surface area contributed by atoms with Gasteiger partial charge in [0.2, 0.25) is 5.91 Å². The van der Waals surface area contributed by atoms with Crippen molar-refractivity contribution < 1.29 is 4.79 Å². The van der Waals surface area contributed by atoms with Crippen molar-refractivity contribution in [2.45, 2.75) is 39.3 Å². The zero-order chi connectivity index (χ0) is 11.1. The van der Waals surface area contributed by atoms with Gasteiger partial charge in [-0.1, -0.05) is 23.8 Å². The fourth-order valence-electron chi connectivity index (χ4n) is 2.40. The summed E-state index contributed by atoms with van der Waals surface area (Å²) in [5.41, 5.74) is 3.95. The number of rotatable bonds is 2. The summed E-state index contributed by atoms with van der Waals surface area (Å²) >= 11 is 0. The Kier molecular flexibility index (Phi) is 2.23. The summed E-state index contributed by atoms with van der Waals surface area (Å²) in [6.45, 7) is 3.75. The molecule has 84 valence electrons. The van der Waals surface area contributed by atoms with Gasteiger partial charge >= 0.3 is 0 Å². The number of hydrogen-bond acceptors (Lipinski definition) is 1. The van der Waals surface area contributed by atoms with E-state index in [2.05, 4.69) is 25.1 Å². The summed E-state index contributed by atoms with van der Waals surface area (Å²) in [6.07, 6.45) is 3.28. The first kappa shape index (κ1) is 9.88. The predicted molar refractivity (Wildman–Crippen MR) is 62.8 cm³/mol. The zero-order valence-corrected chi connectivity index (χ0v) is 9.70. The molecule has 1 aliphatic heterocycles. The predicted octanol–water partition coefficient (Wildman–Crippen LogP) is 2.64. The van der Waals surface area contributed by atoms with Crippen LogP contribution in [-0.2, 0) is 17.9 Å². The van der Waals surface area contributed by atoms with E-state index in [9.17, 15) is 4.79 Å². The van der Waals surface area contributed by atoms with E-state index in [0.29, 0.717) is 11.8 Å². The average molecular weight is 215 g/mol. The van der Waals surface area contributed by atoms with E-state index >= 15 is 0 Å². The maximum Gasteiger partial charge on any atom is 0.223 e. The van der Waals surface area contributed by atoms with Crippen molar-refractivity contribution in [3.8, 4) is 0 Å². The van der Waals surface area contributed by atoms with Gasteiger partial charge < -0.3 is 4.90 Å². The quantitative estimate of drug-likeness (QED) is 0.742. The average Bonchev–Trinajstić information content (AvgIpc) is 2.95. The minimum atomic E-state index is 0.344. The number of carbonyl (C=O) groups is 1. The molecular weight excluding hydrogens is 198 g/mol. The standard InChI is InChI=1S/C14H17NO/c1-10-2-5-12-8-15(9-13(12)6-10)14(16)7-11-3-4-11/h2,5-6,11H,3-4,7-9H2,1H3. The van der Waals surface area contributed by atoms with E-state index in [0.717, 1.165) is 19.5 Å². The van der Waals surface area contributed by atoms with Crippen molar-refractivity contribution in [2.75, 3.05) is 0 Å². The van der Waals surface area contributed by atoms with Crippen LogP contribution in [0.1, 0.15) is 36.0 Å². The molecule has 3 rings (SSSR count). The molecule has 0 atom stereocenters. The summed E-state index contributed by atoms with van der Waals surface area (Å²) in [4.78, 5) is 14.0. The Bertz CT molecular complexity index is 434. The van der Waals surface area contributed by atoms with E-state index < -0.39 is 0 Å². The van der Waals surface area contributed by atoms with Crippen molar-refractivity contribution in [3.63, 3.8) is 0 Å². The lowest BCUT2D eigenvalue weighted by atomic mass is 10.1. The molecule has 16 heavy (non-hydrogen) atoms. The molecule has 2 nitrogen and oxygen atoms in total. The highest BCUT2D eigenvalue weighted by Crippen LogP contribution is 2.34. The molecule has 0 saturated heterocycles. The molecule has 2 heteroatoms. The fraction of sp³-hybridized carbons (Fsp3) is 0.500. The van der Waals surface area contributed by atoms with Crippen LogP contribution in [0, 0.1) is 12.8 Å². The molecule has 0 radical (unpaired) electrons. The Balaban J connectivity index is 1.71. The highest BCUT2D eigenvalue weighted by Gasteiger charge is 2.29. The van der Waals surface area contributed by atoms with Crippen LogP contribution in [0.5, 0.6) is 0 Å². The molecule has 0 bridgehead atoms. The van der Waals surface area contributed by atoms with Crippen molar-refractivity contribution in [1.82, 2.24) is 4.90 Å². The second kappa shape index (κ2) is 3.62. The molecule has 0 N–H and O–H groups in total. The third kappa shape index (κ3) is 1.84. The molecular formula is C14H17NO. The first-order valence-corrected chi connectivity index (χ1v) is 6.08. The zero-order valence-electron chi connectivity index (χ0n) is 9.70. The van der Waals surface area contributed by atoms with Gasteiger partial charge in [0.25, 0.3) is 0 Å². The van der Waals surface area contributed by atoms with Crippen molar-refractivity contribution >= 4 is 5.91 Å². The first-order valence-electron chi connectivity index (χ1n) is 6.08. The van der Waals surface area contributed by atoms with Gasteiger partial charge in [0, 0.05) is 19.5 Å². The molecule has 1 aromatic carbocycles. The third-order valence-electron chi connectivity index (χ3n) is 3.60. The lowest BCUT2D eigenvalue weighted by Gasteiger charge is -2.14. The van der Waals surface area contributed by atoms with Crippen LogP contribution >= 0.6 is 0 Å². The lowest BCUT2D eigenvalue weighted by molar-refractivity contribution is -0.132. The van der Waals surface area contributed by atoms with Crippen LogP contribution in [0.15, 0.2) is 18.2 Å². The van der Waals surface area contributed by atoms with Gasteiger partial charge in [0.05, 0.1) is 0 Å². The highest BCUT2D eigenvalue weighted by atomic mass is 16.2. The van der Waals surface area contributed by atoms with Gasteiger partial charge in [-0.15, -0.1) is 0 Å². The maximum absolute atomic E-state index is 12.0. The van der Waals surface area contributed by atoms with Gasteiger partial charge in [-0.2, -0.15) is 0 Å². The highest BCUT2D eigenvalue weighted by molar-refractivity contribution is 5.77. The molecule has 1 aliphatic carbocycles. The van der Waals surface area contributed by atoms with E-state index in [4.69, 9.17) is 0 Å². The van der Waals surface area contributed by atoms with Crippen molar-refractivity contribution in [2.24, 2.45) is 5.92 Å². The lowest BCUT2D eigenvalue weighted by Crippen LogP contribution is -2.25. The minimum Gasteiger partial charge on any atom is -0.334 e. The minimum absolute atomic E-state index is 0.344. The Morgan fingerprint density at radius 1 is 1.31 bits per heavy atom. The van der Waals surface area contributed by atoms with Crippen LogP contribution in [0.4, 0.5) is 0 Å². The summed E-state index contributed by atoms with van der Waals surface area (Å²) in [6, 6.07) is 6.50. The number of hydrogen-bond donors (Lipinski definition) is 0. The largest absolute Gasteiger partial charge is 0.334 e. The monoisotopic (exact) mass is 215 g/mol. The molecule has 1 heterocycles. The number of nitrogens with zero attached hydrogens (tertiary/aromatic N) is 1. The van der Waals surface area contributed by atoms with Gasteiger partial charge in [-0.25, -0.2) is 0 Å². The first-order chi connectivity index (χ1) is 7.72. The molecule has 1 fully saturated rings. The summed E-state index contributed by atoms with van der Waals surface area (Å²) in [7, 11) is 0. The molecule has 2 aliphatic rings. The third-order valence-corrected chi connectivity index (χ3v) is 3.60. The van der Waals surface area contributed by atoms with Crippen LogP contribution in [0.3, 0.4) is 0 Å². The summed E-state index contributed by atoms with van der Waals surface area (Å²) < 4.78 is 0. The Morgan fingerprint density at radius 2 is 2.06 bits per heavy atom. The SMILES string of the molecule is Cc1ccc2c(c1)CN(C(=O)CC1CC1)C2. The fourth-order valence-corrected chi connectivity index (χ4v) is 2.40. The van der Waals surface area contributed by atoms with Gasteiger partial charge in [-0.3, -0.25) is 4.79 Å². The Hall–Kier alpha value is -1.31. The molecule has 1 amide bonds. The smallest absolute Gasteiger partial charge is 0.223 e. The number of benzene rings is 1. The van der Waals surface area contributed by atoms with E-state index in [-0.39, 0.29) is 0 Å². The molecule has 1 saturated carbocycles. The van der Waals surface area contributed by atoms with Crippen molar-refractivity contribution in [1.29, 1.82) is 0 Å². The molecule has 1 aromatic rings. The Morgan fingerprint density at radius 3 is 2.81 bits per heavy atom. The van der Waals surface area contributed by atoms with E-state index in [1.165, 1.54) is 29.5 Å². The molecule has 0 spiro atoms. The second-order valence-corrected chi connectivity index (χ2v) is 5.17. The molecule has 0 aromatic heterocycles. The van der Waals surface area contributed by atoms with E-state index in [1.807, 2.05) is 4.90 Å². The van der Waals surface area contributed by atoms with Crippen LogP contribution in [0.2, 0.25) is 0 Å². The normalized spacial score (nSPS) is 18.7. The Labute approximate surface area is 96.3 Å². The maximum atomic E-state index is 12.0. The van der Waals surface area contributed by atoms with Crippen LogP contribution in [0.25, 0.3) is 0 Å². The van der Waals surface area contributed by atoms with Crippen LogP contribution < -0.4 is 0 Å². The number of carbonyl (C=O) groups excluding carboxylic acids is 1. The van der Waals surface area contributed by atoms with E-state index in [1.54, 1.807) is 0 Å². The summed E-state index contributed by atoms with van der Waals surface area (Å²) in [5, 5.41) is 0. The van der Waals surface area contributed by atoms with Gasteiger partial charge in [0.1, 0.15) is 0 Å². The van der Waals surface area contributed by atoms with Crippen molar-refractivity contribution in [3.05, 3.63) is 34.9 Å². The summed E-state index contributed by atoms with van der Waals surface area (Å²) in [5.74, 6) is 1.04. The van der Waals surface area contributed by atoms with Gasteiger partial charge in [-0.05, 0) is 36.8 Å². The number of fused-ring (bicyclic) bond motifs is 1. The van der Waals surface area contributed by atoms with Crippen LogP contribution in [-0.4, -0.2) is 10.8 Å². The second-order valence-electron chi connectivity index (χ2n) is 5.17. The topological polar surface area (TPSA) is 20.3 Å². The number of amides is 1.